The molecule has 0 aromatic carbocycles. The van der Waals surface area contributed by atoms with Crippen LogP contribution in [0.3, 0.4) is 0 Å². The summed E-state index contributed by atoms with van der Waals surface area (Å²) in [6.07, 6.45) is 4.09. The minimum atomic E-state index is -0.399. The van der Waals surface area contributed by atoms with Gasteiger partial charge in [0.2, 0.25) is 0 Å². The van der Waals surface area contributed by atoms with E-state index in [1.165, 1.54) is 0 Å². The summed E-state index contributed by atoms with van der Waals surface area (Å²) in [5.41, 5.74) is 0.255. The van der Waals surface area contributed by atoms with E-state index in [4.69, 9.17) is 9.72 Å². The lowest BCUT2D eigenvalue weighted by molar-refractivity contribution is -0.0168. The fourth-order valence-electron chi connectivity index (χ4n) is 2.66. The molecule has 5 heteroatoms. The van der Waals surface area contributed by atoms with Crippen LogP contribution in [0.1, 0.15) is 58.0 Å². The van der Waals surface area contributed by atoms with Crippen LogP contribution in [0.5, 0.6) is 0 Å². The fraction of sp³-hybridized carbons (Fsp3) is 0.714. The van der Waals surface area contributed by atoms with Gasteiger partial charge in [0.25, 0.3) is 5.56 Å². The van der Waals surface area contributed by atoms with Crippen LogP contribution < -0.4 is 5.56 Å². The van der Waals surface area contributed by atoms with Gasteiger partial charge in [-0.15, -0.1) is 0 Å². The highest BCUT2D eigenvalue weighted by atomic mass is 127. The van der Waals surface area contributed by atoms with E-state index >= 15 is 0 Å². The first-order valence-electron chi connectivity index (χ1n) is 6.66. The molecule has 19 heavy (non-hydrogen) atoms. The van der Waals surface area contributed by atoms with Crippen LogP contribution in [-0.4, -0.2) is 17.1 Å². The van der Waals surface area contributed by atoms with E-state index in [-0.39, 0.29) is 11.0 Å². The number of rotatable bonds is 2. The third-order valence-corrected chi connectivity index (χ3v) is 4.81. The molecule has 1 aromatic heterocycles. The molecule has 106 valence electrons. The van der Waals surface area contributed by atoms with Crippen LogP contribution in [0.25, 0.3) is 0 Å². The molecule has 0 aliphatic heterocycles. The summed E-state index contributed by atoms with van der Waals surface area (Å²) in [4.78, 5) is 19.8. The first-order valence-corrected chi connectivity index (χ1v) is 7.74. The number of nitrogens with zero attached hydrogens (tertiary/aromatic N) is 1. The number of halogens is 1. The monoisotopic (exact) mass is 376 g/mol. The highest BCUT2D eigenvalue weighted by Crippen LogP contribution is 2.40. The van der Waals surface area contributed by atoms with Crippen molar-refractivity contribution in [2.24, 2.45) is 0 Å². The second kappa shape index (κ2) is 5.16. The van der Waals surface area contributed by atoms with Crippen LogP contribution in [0, 0.1) is 3.57 Å². The zero-order chi connectivity index (χ0) is 14.3. The van der Waals surface area contributed by atoms with E-state index in [0.717, 1.165) is 31.4 Å². The Kier molecular flexibility index (Phi) is 4.07. The fourth-order valence-corrected chi connectivity index (χ4v) is 3.72. The summed E-state index contributed by atoms with van der Waals surface area (Å²) in [6, 6.07) is 0. The third kappa shape index (κ3) is 2.72. The molecule has 0 spiro atoms. The number of hydrogen-bond donors (Lipinski definition) is 1. The maximum atomic E-state index is 12.2. The molecule has 0 radical (unpaired) electrons. The molecule has 1 aliphatic carbocycles. The lowest BCUT2D eigenvalue weighted by Gasteiger charge is -2.28. The molecular weight excluding hydrogens is 355 g/mol. The van der Waals surface area contributed by atoms with Crippen molar-refractivity contribution < 1.29 is 4.74 Å². The van der Waals surface area contributed by atoms with Gasteiger partial charge in [-0.3, -0.25) is 4.79 Å². The average Bonchev–Trinajstić information content (AvgIpc) is 2.80. The second-order valence-electron chi connectivity index (χ2n) is 6.23. The van der Waals surface area contributed by atoms with Gasteiger partial charge in [0.05, 0.1) is 5.69 Å². The molecule has 0 unspecified atom stereocenters. The van der Waals surface area contributed by atoms with Gasteiger partial charge in [0.15, 0.2) is 0 Å². The van der Waals surface area contributed by atoms with Crippen molar-refractivity contribution in [1.29, 1.82) is 0 Å². The van der Waals surface area contributed by atoms with Gasteiger partial charge < -0.3 is 9.72 Å². The van der Waals surface area contributed by atoms with Crippen molar-refractivity contribution >= 4 is 22.6 Å². The Morgan fingerprint density at radius 2 is 1.89 bits per heavy atom. The predicted molar refractivity (Wildman–Crippen MR) is 83.4 cm³/mol. The standard InChI is InChI=1S/C14H21IN2O2/c1-13(2,3)10-9(15)11(18)17-12(16-10)14(19-4)7-5-6-8-14/h5-8H2,1-4H3,(H,16,17,18). The largest absolute Gasteiger partial charge is 0.370 e. The summed E-state index contributed by atoms with van der Waals surface area (Å²) in [5.74, 6) is 0.697. The first kappa shape index (κ1) is 15.0. The molecule has 2 rings (SSSR count). The Morgan fingerprint density at radius 1 is 1.32 bits per heavy atom. The zero-order valence-electron chi connectivity index (χ0n) is 12.0. The van der Waals surface area contributed by atoms with Crippen molar-refractivity contribution in [3.8, 4) is 0 Å². The molecule has 0 atom stereocenters. The molecule has 1 saturated carbocycles. The lowest BCUT2D eigenvalue weighted by atomic mass is 9.91. The van der Waals surface area contributed by atoms with E-state index in [2.05, 4.69) is 48.3 Å². The van der Waals surface area contributed by atoms with Gasteiger partial charge in [-0.1, -0.05) is 20.8 Å². The number of H-pyrrole nitrogens is 1. The van der Waals surface area contributed by atoms with Gasteiger partial charge >= 0.3 is 0 Å². The second-order valence-corrected chi connectivity index (χ2v) is 7.31. The summed E-state index contributed by atoms with van der Waals surface area (Å²) >= 11 is 2.08. The van der Waals surface area contributed by atoms with E-state index in [9.17, 15) is 4.79 Å². The highest BCUT2D eigenvalue weighted by Gasteiger charge is 2.39. The lowest BCUT2D eigenvalue weighted by Crippen LogP contribution is -2.34. The van der Waals surface area contributed by atoms with Crippen molar-refractivity contribution in [1.82, 2.24) is 9.97 Å². The van der Waals surface area contributed by atoms with Crippen molar-refractivity contribution in [2.45, 2.75) is 57.5 Å². The SMILES string of the molecule is COC1(c2nc(C(C)(C)C)c(I)c(=O)[nH]2)CCCC1. The van der Waals surface area contributed by atoms with Crippen molar-refractivity contribution in [2.75, 3.05) is 7.11 Å². The molecule has 1 aliphatic rings. The number of hydrogen-bond acceptors (Lipinski definition) is 3. The Morgan fingerprint density at radius 3 is 2.37 bits per heavy atom. The van der Waals surface area contributed by atoms with Gasteiger partial charge in [0, 0.05) is 12.5 Å². The molecule has 1 aromatic rings. The smallest absolute Gasteiger partial charge is 0.264 e. The van der Waals surface area contributed by atoms with Crippen LogP contribution in [0.15, 0.2) is 4.79 Å². The van der Waals surface area contributed by atoms with E-state index in [1.807, 2.05) is 0 Å². The van der Waals surface area contributed by atoms with Gasteiger partial charge in [0.1, 0.15) is 15.0 Å². The summed E-state index contributed by atoms with van der Waals surface area (Å²) in [5, 5.41) is 0. The Hall–Kier alpha value is -0.430. The molecule has 0 saturated heterocycles. The van der Waals surface area contributed by atoms with Gasteiger partial charge in [-0.2, -0.15) is 0 Å². The quantitative estimate of drug-likeness (QED) is 0.808. The molecule has 1 fully saturated rings. The summed E-state index contributed by atoms with van der Waals surface area (Å²) in [7, 11) is 1.71. The normalized spacial score (nSPS) is 18.8. The number of ether oxygens (including phenoxy) is 1. The van der Waals surface area contributed by atoms with Gasteiger partial charge in [-0.25, -0.2) is 4.98 Å². The molecule has 0 bridgehead atoms. The van der Waals surface area contributed by atoms with Crippen LogP contribution >= 0.6 is 22.6 Å². The van der Waals surface area contributed by atoms with E-state index in [1.54, 1.807) is 7.11 Å². The van der Waals surface area contributed by atoms with Crippen molar-refractivity contribution in [3.05, 3.63) is 25.4 Å². The molecule has 4 nitrogen and oxygen atoms in total. The maximum absolute atomic E-state index is 12.2. The van der Waals surface area contributed by atoms with Crippen LogP contribution in [0.4, 0.5) is 0 Å². The zero-order valence-corrected chi connectivity index (χ0v) is 14.1. The number of methoxy groups -OCH3 is 1. The topological polar surface area (TPSA) is 55.0 Å². The first-order chi connectivity index (χ1) is 8.80. The molecule has 0 amide bonds. The average molecular weight is 376 g/mol. The van der Waals surface area contributed by atoms with Crippen LogP contribution in [0.2, 0.25) is 0 Å². The van der Waals surface area contributed by atoms with Gasteiger partial charge in [-0.05, 0) is 48.3 Å². The predicted octanol–water partition coefficient (Wildman–Crippen LogP) is 3.09. The maximum Gasteiger partial charge on any atom is 0.264 e. The number of aromatic amines is 1. The summed E-state index contributed by atoms with van der Waals surface area (Å²) in [6.45, 7) is 6.23. The highest BCUT2D eigenvalue weighted by molar-refractivity contribution is 14.1. The molecule has 1 heterocycles. The van der Waals surface area contributed by atoms with E-state index < -0.39 is 5.60 Å². The van der Waals surface area contributed by atoms with Crippen molar-refractivity contribution in [3.63, 3.8) is 0 Å². The minimum absolute atomic E-state index is 0.0566. The number of aromatic nitrogens is 2. The Balaban J connectivity index is 2.60. The van der Waals surface area contributed by atoms with E-state index in [0.29, 0.717) is 9.39 Å². The Bertz CT molecular complexity index is 525. The Labute approximate surface area is 127 Å². The third-order valence-electron chi connectivity index (χ3n) is 3.81. The van der Waals surface area contributed by atoms with Crippen LogP contribution in [-0.2, 0) is 15.8 Å². The molecule has 1 N–H and O–H groups in total. The number of nitrogens with one attached hydrogen (secondary N) is 1. The minimum Gasteiger partial charge on any atom is -0.370 e. The molecular formula is C14H21IN2O2. The summed E-state index contributed by atoms with van der Waals surface area (Å²) < 4.78 is 6.39.